The quantitative estimate of drug-likeness (QED) is 0.506. The molecular formula is C22H19F6N5O3. The molecule has 2 aromatic heterocycles. The maximum absolute atomic E-state index is 14.6. The highest BCUT2D eigenvalue weighted by Crippen LogP contribution is 2.38. The summed E-state index contributed by atoms with van der Waals surface area (Å²) < 4.78 is 80.6. The molecule has 4 rings (SSSR count). The van der Waals surface area contributed by atoms with Gasteiger partial charge in [-0.2, -0.15) is 13.2 Å². The lowest BCUT2D eigenvalue weighted by Crippen LogP contribution is -2.70. The number of β-amino-alcohol motifs (C(OH)–C–C–N with tert-alkyl or cyclic N) is 1. The number of fused-ring (bicyclic) bond motifs is 1. The zero-order chi connectivity index (χ0) is 26.6. The monoisotopic (exact) mass is 515 g/mol. The highest BCUT2D eigenvalue weighted by molar-refractivity contribution is 5.99. The van der Waals surface area contributed by atoms with Crippen LogP contribution in [0.4, 0.5) is 32.2 Å². The Morgan fingerprint density at radius 2 is 1.83 bits per heavy atom. The molecule has 3 aromatic rings. The molecule has 1 saturated heterocycles. The number of likely N-dealkylation sites (tertiary alicyclic amines) is 1. The summed E-state index contributed by atoms with van der Waals surface area (Å²) in [5.74, 6) is -2.12. The third kappa shape index (κ3) is 4.14. The number of nitrogens with one attached hydrogen (secondary N) is 1. The van der Waals surface area contributed by atoms with E-state index < -0.39 is 65.7 Å². The van der Waals surface area contributed by atoms with Crippen molar-refractivity contribution in [3.63, 3.8) is 0 Å². The van der Waals surface area contributed by atoms with Gasteiger partial charge in [-0.25, -0.2) is 23.1 Å². The Bertz CT molecular complexity index is 1400. The van der Waals surface area contributed by atoms with Gasteiger partial charge in [0.1, 0.15) is 29.2 Å². The first kappa shape index (κ1) is 25.4. The van der Waals surface area contributed by atoms with Gasteiger partial charge in [0.15, 0.2) is 5.60 Å². The number of aryl methyl sites for hydroxylation is 1. The van der Waals surface area contributed by atoms with Gasteiger partial charge < -0.3 is 15.3 Å². The number of benzene rings is 1. The van der Waals surface area contributed by atoms with Crippen LogP contribution in [0.25, 0.3) is 11.0 Å². The molecule has 3 heterocycles. The normalized spacial score (nSPS) is 16.2. The van der Waals surface area contributed by atoms with Crippen molar-refractivity contribution in [2.45, 2.75) is 31.2 Å². The summed E-state index contributed by atoms with van der Waals surface area (Å²) in [6, 6.07) is 3.73. The van der Waals surface area contributed by atoms with Crippen molar-refractivity contribution in [3.8, 4) is 0 Å². The molecule has 0 unspecified atom stereocenters. The van der Waals surface area contributed by atoms with E-state index in [4.69, 9.17) is 0 Å². The van der Waals surface area contributed by atoms with Crippen molar-refractivity contribution in [1.29, 1.82) is 0 Å². The number of aromatic nitrogens is 3. The molecule has 1 aliphatic heterocycles. The molecule has 1 aliphatic rings. The topological polar surface area (TPSA) is 100 Å². The van der Waals surface area contributed by atoms with E-state index in [1.54, 1.807) is 0 Å². The van der Waals surface area contributed by atoms with Crippen molar-refractivity contribution < 1.29 is 36.2 Å². The third-order valence-electron chi connectivity index (χ3n) is 6.07. The van der Waals surface area contributed by atoms with Gasteiger partial charge in [0.25, 0.3) is 17.9 Å². The summed E-state index contributed by atoms with van der Waals surface area (Å²) in [6.45, 7) is -0.596. The zero-order valence-electron chi connectivity index (χ0n) is 18.8. The van der Waals surface area contributed by atoms with Crippen molar-refractivity contribution in [3.05, 3.63) is 63.5 Å². The number of pyridine rings is 1. The number of hydrogen-bond acceptors (Lipinski definition) is 6. The fraction of sp³-hybridized carbons (Fsp3) is 0.364. The van der Waals surface area contributed by atoms with Crippen molar-refractivity contribution in [1.82, 2.24) is 19.4 Å². The average molecular weight is 515 g/mol. The zero-order valence-corrected chi connectivity index (χ0v) is 18.8. The summed E-state index contributed by atoms with van der Waals surface area (Å²) in [5, 5.41) is 12.6. The molecule has 8 nitrogen and oxygen atoms in total. The number of rotatable bonds is 5. The number of anilines is 1. The highest BCUT2D eigenvalue weighted by Gasteiger charge is 2.62. The lowest BCUT2D eigenvalue weighted by Gasteiger charge is -2.46. The van der Waals surface area contributed by atoms with E-state index in [0.717, 1.165) is 23.0 Å². The van der Waals surface area contributed by atoms with Gasteiger partial charge in [-0.3, -0.25) is 14.2 Å². The second-order valence-electron chi connectivity index (χ2n) is 8.49. The van der Waals surface area contributed by atoms with Crippen molar-refractivity contribution in [2.24, 2.45) is 7.05 Å². The van der Waals surface area contributed by atoms with Gasteiger partial charge >= 0.3 is 6.18 Å². The first-order chi connectivity index (χ1) is 16.7. The predicted molar refractivity (Wildman–Crippen MR) is 115 cm³/mol. The molecule has 2 N–H and O–H groups in total. The number of amides is 1. The lowest BCUT2D eigenvalue weighted by molar-refractivity contribution is -0.294. The number of carbonyl (C=O) groups is 1. The van der Waals surface area contributed by atoms with E-state index in [0.29, 0.717) is 4.90 Å². The maximum Gasteiger partial charge on any atom is 0.420 e. The molecule has 14 heteroatoms. The van der Waals surface area contributed by atoms with Gasteiger partial charge in [-0.05, 0) is 13.0 Å². The van der Waals surface area contributed by atoms with Crippen LogP contribution in [0.1, 0.15) is 40.9 Å². The maximum atomic E-state index is 14.6. The molecule has 0 spiro atoms. The van der Waals surface area contributed by atoms with Crippen LogP contribution in [0, 0.1) is 5.82 Å². The predicted octanol–water partition coefficient (Wildman–Crippen LogP) is 3.33. The van der Waals surface area contributed by atoms with Gasteiger partial charge in [-0.15, -0.1) is 0 Å². The Kier molecular flexibility index (Phi) is 6.19. The Labute approximate surface area is 199 Å². The van der Waals surface area contributed by atoms with E-state index in [1.807, 2.05) is 0 Å². The largest absolute Gasteiger partial charge is 0.420 e. The van der Waals surface area contributed by atoms with Crippen LogP contribution in [0.2, 0.25) is 0 Å². The van der Waals surface area contributed by atoms with Crippen LogP contribution in [0.3, 0.4) is 0 Å². The van der Waals surface area contributed by atoms with E-state index in [1.165, 1.54) is 26.1 Å². The summed E-state index contributed by atoms with van der Waals surface area (Å²) in [4.78, 5) is 34.3. The molecule has 36 heavy (non-hydrogen) atoms. The SMILES string of the molecule is C[C@@H](Nc1ncnc2c1cc(C(=O)N1CC(O)(C(F)(F)F)C1)c(=O)n2C)c1cccc(C(F)F)c1F. The molecule has 192 valence electrons. The highest BCUT2D eigenvalue weighted by atomic mass is 19.4. The summed E-state index contributed by atoms with van der Waals surface area (Å²) in [5.41, 5.74) is -5.22. The fourth-order valence-electron chi connectivity index (χ4n) is 3.97. The number of carbonyl (C=O) groups excluding carboxylic acids is 1. The smallest absolute Gasteiger partial charge is 0.378 e. The summed E-state index contributed by atoms with van der Waals surface area (Å²) in [6.07, 6.45) is -6.89. The van der Waals surface area contributed by atoms with Crippen LogP contribution in [0.5, 0.6) is 0 Å². The minimum absolute atomic E-state index is 0.0226. The van der Waals surface area contributed by atoms with Gasteiger partial charge in [-0.1, -0.05) is 18.2 Å². The van der Waals surface area contributed by atoms with Gasteiger partial charge in [0.2, 0.25) is 0 Å². The molecule has 1 amide bonds. The minimum Gasteiger partial charge on any atom is -0.378 e. The first-order valence-corrected chi connectivity index (χ1v) is 10.5. The van der Waals surface area contributed by atoms with E-state index in [9.17, 15) is 41.0 Å². The van der Waals surface area contributed by atoms with Crippen molar-refractivity contribution in [2.75, 3.05) is 18.4 Å². The number of aliphatic hydroxyl groups is 1. The van der Waals surface area contributed by atoms with Crippen LogP contribution < -0.4 is 10.9 Å². The minimum atomic E-state index is -4.95. The molecule has 0 aliphatic carbocycles. The number of hydrogen-bond donors (Lipinski definition) is 2. The number of nitrogens with zero attached hydrogens (tertiary/aromatic N) is 4. The first-order valence-electron chi connectivity index (χ1n) is 10.5. The molecular weight excluding hydrogens is 496 g/mol. The Morgan fingerprint density at radius 3 is 2.44 bits per heavy atom. The second kappa shape index (κ2) is 8.76. The molecule has 0 radical (unpaired) electrons. The van der Waals surface area contributed by atoms with Gasteiger partial charge in [0.05, 0.1) is 30.1 Å². The molecule has 0 saturated carbocycles. The van der Waals surface area contributed by atoms with Gasteiger partial charge in [0, 0.05) is 12.6 Å². The van der Waals surface area contributed by atoms with Crippen LogP contribution >= 0.6 is 0 Å². The van der Waals surface area contributed by atoms with E-state index >= 15 is 0 Å². The Balaban J connectivity index is 1.70. The van der Waals surface area contributed by atoms with E-state index in [-0.39, 0.29) is 22.4 Å². The van der Waals surface area contributed by atoms with Crippen LogP contribution in [-0.2, 0) is 7.05 Å². The second-order valence-corrected chi connectivity index (χ2v) is 8.49. The summed E-state index contributed by atoms with van der Waals surface area (Å²) in [7, 11) is 1.29. The Hall–Kier alpha value is -3.68. The summed E-state index contributed by atoms with van der Waals surface area (Å²) >= 11 is 0. The molecule has 1 aromatic carbocycles. The Morgan fingerprint density at radius 1 is 1.19 bits per heavy atom. The van der Waals surface area contributed by atoms with Crippen LogP contribution in [0.15, 0.2) is 35.4 Å². The van der Waals surface area contributed by atoms with E-state index in [2.05, 4.69) is 15.3 Å². The number of alkyl halides is 5. The molecule has 0 bridgehead atoms. The average Bonchev–Trinajstić information content (AvgIpc) is 2.78. The molecule has 1 fully saturated rings. The number of halogens is 6. The van der Waals surface area contributed by atoms with Crippen molar-refractivity contribution >= 4 is 22.8 Å². The lowest BCUT2D eigenvalue weighted by atomic mass is 9.92. The molecule has 1 atom stereocenters. The standard InChI is InChI=1S/C22H19F6N5O3/c1-10(11-4-3-5-12(15(11)23)16(24)25)31-17-13-6-14(19(34)32(2)18(13)30-9-29-17)20(35)33-7-21(36,8-33)22(26,27)28/h3-6,9-10,16,36H,7-8H2,1-2H3,(H,29,30,31)/t10-/m1/s1. The third-order valence-corrected chi connectivity index (χ3v) is 6.07. The fourth-order valence-corrected chi connectivity index (χ4v) is 3.97. The van der Waals surface area contributed by atoms with Crippen LogP contribution in [-0.4, -0.2) is 55.3 Å².